The molecule has 13 nitrogen and oxygen atoms in total. The van der Waals surface area contributed by atoms with Crippen molar-refractivity contribution in [1.82, 2.24) is 20.5 Å². The van der Waals surface area contributed by atoms with Crippen LogP contribution in [0, 0.1) is 10.1 Å². The molecule has 0 spiro atoms. The van der Waals surface area contributed by atoms with E-state index in [4.69, 9.17) is 15.2 Å². The van der Waals surface area contributed by atoms with Gasteiger partial charge in [0.2, 0.25) is 0 Å². The number of hydrogen-bond donors (Lipinski definition) is 5. The molecule has 0 bridgehead atoms. The summed E-state index contributed by atoms with van der Waals surface area (Å²) in [5.74, 6) is -0.354. The van der Waals surface area contributed by atoms with Gasteiger partial charge in [-0.2, -0.15) is 11.0 Å². The van der Waals surface area contributed by atoms with Gasteiger partial charge in [0.05, 0.1) is 31.8 Å². The molecule has 0 fully saturated rings. The molecule has 0 aliphatic carbocycles. The molecule has 5 N–H and O–H groups in total. The van der Waals surface area contributed by atoms with Gasteiger partial charge in [-0.1, -0.05) is 4.98 Å². The average Bonchev–Trinajstić information content (AvgIpc) is 3.13. The third kappa shape index (κ3) is 9.59. The number of nitrogens with zero attached hydrogens (tertiary/aromatic N) is 5. The topological polar surface area (TPSA) is 180 Å². The molecule has 1 rings (SSSR count). The highest BCUT2D eigenvalue weighted by Gasteiger charge is 2.17. The number of ether oxygens (including phenoxy) is 1. The smallest absolute Gasteiger partial charge is 0.390 e. The maximum atomic E-state index is 10.8. The number of aliphatic hydroxyl groups is 1. The molecule has 13 heteroatoms. The highest BCUT2D eigenvalue weighted by Crippen LogP contribution is 2.08. The van der Waals surface area contributed by atoms with Crippen molar-refractivity contribution in [2.24, 2.45) is 9.98 Å². The number of aromatic nitrogens is 2. The minimum atomic E-state index is -0.974. The van der Waals surface area contributed by atoms with E-state index in [1.54, 1.807) is 13.1 Å². The van der Waals surface area contributed by atoms with Crippen molar-refractivity contribution in [3.63, 3.8) is 0 Å². The van der Waals surface area contributed by atoms with Crippen LogP contribution in [0.1, 0.15) is 13.3 Å². The Hall–Kier alpha value is -2.29. The molecule has 0 saturated heterocycles. The molecule has 3 atom stereocenters. The van der Waals surface area contributed by atoms with Gasteiger partial charge in [0.25, 0.3) is 0 Å². The Morgan fingerprint density at radius 1 is 1.32 bits per heavy atom. The summed E-state index contributed by atoms with van der Waals surface area (Å²) in [6.45, 7) is 2.76. The maximum Gasteiger partial charge on any atom is 0.434 e. The van der Waals surface area contributed by atoms with Crippen molar-refractivity contribution in [1.29, 1.82) is 0 Å². The van der Waals surface area contributed by atoms with Crippen LogP contribution < -0.4 is 11.0 Å². The summed E-state index contributed by atoms with van der Waals surface area (Å²) in [4.78, 5) is 22.0. The lowest BCUT2D eigenvalue weighted by Crippen LogP contribution is -2.34. The van der Waals surface area contributed by atoms with Crippen LogP contribution in [0.3, 0.4) is 0 Å². The number of hydrogen-bond acceptors (Lipinski definition) is 11. The fourth-order valence-electron chi connectivity index (χ4n) is 2.06. The summed E-state index contributed by atoms with van der Waals surface area (Å²) < 4.78 is 6.53. The Morgan fingerprint density at radius 2 is 2.04 bits per heavy atom. The largest absolute Gasteiger partial charge is 0.434 e. The van der Waals surface area contributed by atoms with Crippen LogP contribution in [0.15, 0.2) is 22.4 Å². The van der Waals surface area contributed by atoms with Crippen LogP contribution >= 0.6 is 0 Å². The zero-order valence-electron chi connectivity index (χ0n) is 15.6. The molecule has 0 aromatic carbocycles. The molecule has 0 amide bonds. The van der Waals surface area contributed by atoms with E-state index in [9.17, 15) is 15.2 Å². The predicted molar refractivity (Wildman–Crippen MR) is 100 cm³/mol. The van der Waals surface area contributed by atoms with Gasteiger partial charge in [-0.15, -0.1) is 0 Å². The Kier molecular flexibility index (Phi) is 11.7. The van der Waals surface area contributed by atoms with Gasteiger partial charge in [-0.05, 0) is 18.3 Å². The quantitative estimate of drug-likeness (QED) is 0.111. The summed E-state index contributed by atoms with van der Waals surface area (Å²) in [6.07, 6.45) is 5.50. The van der Waals surface area contributed by atoms with Crippen LogP contribution in [0.5, 0.6) is 0 Å². The summed E-state index contributed by atoms with van der Waals surface area (Å²) in [6, 6.07) is -0.768. The van der Waals surface area contributed by atoms with E-state index >= 15 is 0 Å². The lowest BCUT2D eigenvalue weighted by atomic mass is 10.3. The second-order valence-corrected chi connectivity index (χ2v) is 5.95. The summed E-state index contributed by atoms with van der Waals surface area (Å²) >= 11 is 0. The van der Waals surface area contributed by atoms with Crippen molar-refractivity contribution in [3.05, 3.63) is 22.5 Å². The van der Waals surface area contributed by atoms with Crippen molar-refractivity contribution in [2.75, 3.05) is 26.3 Å². The SMILES string of the molecule is CC(C=NCCCN=CC(COCC(O)Cn1ccnc1[N+](=O)[O-])NO)NO. The number of nitro groups is 1. The van der Waals surface area contributed by atoms with E-state index in [-0.39, 0.29) is 31.7 Å². The minimum absolute atomic E-state index is 0.0352. The van der Waals surface area contributed by atoms with Crippen LogP contribution in [0.4, 0.5) is 5.95 Å². The fourth-order valence-corrected chi connectivity index (χ4v) is 2.06. The van der Waals surface area contributed by atoms with Crippen molar-refractivity contribution in [2.45, 2.75) is 38.1 Å². The Labute approximate surface area is 161 Å². The van der Waals surface area contributed by atoms with Crippen LogP contribution in [0.2, 0.25) is 0 Å². The summed E-state index contributed by atoms with van der Waals surface area (Å²) in [5, 5.41) is 38.4. The van der Waals surface area contributed by atoms with E-state index in [0.29, 0.717) is 19.5 Å². The number of aliphatic hydroxyl groups excluding tert-OH is 1. The first-order valence-electron chi connectivity index (χ1n) is 8.68. The van der Waals surface area contributed by atoms with Crippen molar-refractivity contribution >= 4 is 18.4 Å². The third-order valence-corrected chi connectivity index (χ3v) is 3.43. The van der Waals surface area contributed by atoms with Crippen molar-refractivity contribution < 1.29 is 25.2 Å². The lowest BCUT2D eigenvalue weighted by Gasteiger charge is -2.14. The third-order valence-electron chi connectivity index (χ3n) is 3.43. The van der Waals surface area contributed by atoms with Gasteiger partial charge < -0.3 is 30.4 Å². The second kappa shape index (κ2) is 13.8. The van der Waals surface area contributed by atoms with Crippen LogP contribution in [-0.2, 0) is 11.3 Å². The van der Waals surface area contributed by atoms with Gasteiger partial charge in [0.15, 0.2) is 0 Å². The summed E-state index contributed by atoms with van der Waals surface area (Å²) in [5.41, 5.74) is 4.10. The number of imidazole rings is 1. The highest BCUT2D eigenvalue weighted by atomic mass is 16.6. The second-order valence-electron chi connectivity index (χ2n) is 5.95. The van der Waals surface area contributed by atoms with E-state index in [1.165, 1.54) is 23.2 Å². The molecule has 0 radical (unpaired) electrons. The standard InChI is InChI=1S/C15H27N7O6/c1-12(19-24)7-16-3-2-4-17-8-13(20-25)10-28-11-14(23)9-21-6-5-18-15(21)22(26)27/h5-8,12-14,19-20,23-25H,2-4,9-11H2,1H3. The summed E-state index contributed by atoms with van der Waals surface area (Å²) in [7, 11) is 0. The van der Waals surface area contributed by atoms with Crippen LogP contribution in [0.25, 0.3) is 0 Å². The van der Waals surface area contributed by atoms with Gasteiger partial charge in [-0.3, -0.25) is 9.98 Å². The highest BCUT2D eigenvalue weighted by molar-refractivity contribution is 5.64. The predicted octanol–water partition coefficient (Wildman–Crippen LogP) is -0.585. The number of aliphatic imine (C=N–C) groups is 2. The average molecular weight is 401 g/mol. The molecule has 1 aromatic heterocycles. The normalized spacial score (nSPS) is 15.3. The van der Waals surface area contributed by atoms with Gasteiger partial charge in [0, 0.05) is 25.5 Å². The molecule has 1 heterocycles. The fraction of sp³-hybridized carbons (Fsp3) is 0.667. The van der Waals surface area contributed by atoms with Crippen LogP contribution in [-0.4, -0.2) is 86.9 Å². The first-order chi connectivity index (χ1) is 13.5. The van der Waals surface area contributed by atoms with E-state index in [2.05, 4.69) is 20.4 Å². The maximum absolute atomic E-state index is 10.8. The van der Waals surface area contributed by atoms with Gasteiger partial charge >= 0.3 is 5.95 Å². The molecular weight excluding hydrogens is 374 g/mol. The van der Waals surface area contributed by atoms with Gasteiger partial charge in [0.1, 0.15) is 18.5 Å². The minimum Gasteiger partial charge on any atom is -0.390 e. The molecule has 0 aliphatic heterocycles. The molecule has 0 aliphatic rings. The Balaban J connectivity index is 2.23. The molecule has 158 valence electrons. The van der Waals surface area contributed by atoms with E-state index < -0.39 is 17.1 Å². The molecule has 28 heavy (non-hydrogen) atoms. The molecule has 0 saturated carbocycles. The van der Waals surface area contributed by atoms with E-state index in [0.717, 1.165) is 0 Å². The number of hydroxylamine groups is 2. The van der Waals surface area contributed by atoms with Gasteiger partial charge in [-0.25, -0.2) is 4.57 Å². The molecular formula is C15H27N7O6. The van der Waals surface area contributed by atoms with Crippen molar-refractivity contribution in [3.8, 4) is 0 Å². The lowest BCUT2D eigenvalue weighted by molar-refractivity contribution is -0.397. The first kappa shape index (κ1) is 23.7. The number of rotatable bonds is 15. The monoisotopic (exact) mass is 401 g/mol. The van der Waals surface area contributed by atoms with E-state index in [1.807, 2.05) is 5.48 Å². The first-order valence-corrected chi connectivity index (χ1v) is 8.68. The Morgan fingerprint density at radius 3 is 2.68 bits per heavy atom. The molecule has 1 aromatic rings. The zero-order valence-corrected chi connectivity index (χ0v) is 15.6. The molecule has 3 unspecified atom stereocenters. The zero-order chi connectivity index (χ0) is 20.8. The Bertz CT molecular complexity index is 624. The number of nitrogens with one attached hydrogen (secondary N) is 2.